The van der Waals surface area contributed by atoms with Crippen molar-refractivity contribution in [3.63, 3.8) is 0 Å². The van der Waals surface area contributed by atoms with E-state index in [9.17, 15) is 24.6 Å². The Morgan fingerprint density at radius 2 is 1.54 bits per heavy atom. The SMILES string of the molecule is Cc1cccc(C(C(=O)Nc2c(C)cccc2C)N(C)C(=O)C(CO)NC(=O)OC(C)(C)C)c1O. The van der Waals surface area contributed by atoms with Crippen LogP contribution in [0.5, 0.6) is 5.75 Å². The summed E-state index contributed by atoms with van der Waals surface area (Å²) in [6.07, 6.45) is -0.881. The largest absolute Gasteiger partial charge is 0.507 e. The van der Waals surface area contributed by atoms with Gasteiger partial charge >= 0.3 is 6.09 Å². The number of amides is 3. The molecule has 0 saturated heterocycles. The van der Waals surface area contributed by atoms with Crippen LogP contribution in [0.4, 0.5) is 10.5 Å². The minimum Gasteiger partial charge on any atom is -0.507 e. The number of anilines is 1. The molecule has 9 heteroatoms. The molecule has 2 aromatic rings. The van der Waals surface area contributed by atoms with Gasteiger partial charge in [-0.05, 0) is 58.2 Å². The maximum absolute atomic E-state index is 13.6. The number of benzene rings is 2. The lowest BCUT2D eigenvalue weighted by molar-refractivity contribution is -0.139. The molecule has 0 aliphatic carbocycles. The number of phenols is 1. The Kier molecular flexibility index (Phi) is 8.87. The first kappa shape index (κ1) is 27.7. The number of para-hydroxylation sites is 2. The molecule has 0 spiro atoms. The third-order valence-electron chi connectivity index (χ3n) is 5.45. The summed E-state index contributed by atoms with van der Waals surface area (Å²) < 4.78 is 5.18. The monoisotopic (exact) mass is 485 g/mol. The molecule has 0 fully saturated rings. The maximum Gasteiger partial charge on any atom is 0.408 e. The number of aromatic hydroxyl groups is 1. The van der Waals surface area contributed by atoms with Crippen molar-refractivity contribution in [2.24, 2.45) is 0 Å². The Bertz CT molecular complexity index is 1070. The van der Waals surface area contributed by atoms with E-state index >= 15 is 0 Å². The summed E-state index contributed by atoms with van der Waals surface area (Å²) in [4.78, 5) is 40.2. The summed E-state index contributed by atoms with van der Waals surface area (Å²) in [7, 11) is 1.37. The van der Waals surface area contributed by atoms with Crippen molar-refractivity contribution < 1.29 is 29.3 Å². The van der Waals surface area contributed by atoms with Crippen molar-refractivity contribution in [3.05, 3.63) is 58.7 Å². The Hall–Kier alpha value is -3.59. The van der Waals surface area contributed by atoms with Gasteiger partial charge in [-0.1, -0.05) is 36.4 Å². The summed E-state index contributed by atoms with van der Waals surface area (Å²) in [6, 6.07) is 7.86. The second kappa shape index (κ2) is 11.2. The molecule has 2 unspecified atom stereocenters. The van der Waals surface area contributed by atoms with Gasteiger partial charge in [0.25, 0.3) is 5.91 Å². The number of carbonyl (C=O) groups excluding carboxylic acids is 3. The van der Waals surface area contributed by atoms with Crippen molar-refractivity contribution in [3.8, 4) is 5.75 Å². The van der Waals surface area contributed by atoms with Crippen LogP contribution in [0.1, 0.15) is 49.1 Å². The van der Waals surface area contributed by atoms with Crippen LogP contribution in [0.25, 0.3) is 0 Å². The average molecular weight is 486 g/mol. The number of hydrogen-bond acceptors (Lipinski definition) is 6. The van der Waals surface area contributed by atoms with Gasteiger partial charge in [0, 0.05) is 18.3 Å². The highest BCUT2D eigenvalue weighted by Gasteiger charge is 2.35. The van der Waals surface area contributed by atoms with E-state index in [-0.39, 0.29) is 11.3 Å². The first-order chi connectivity index (χ1) is 16.3. The lowest BCUT2D eigenvalue weighted by Crippen LogP contribution is -2.52. The standard InChI is InChI=1S/C26H35N3O6/c1-15-10-8-11-16(2)20(15)28-23(32)21(18-13-9-12-17(3)22(18)31)29(7)24(33)19(14-30)27-25(34)35-26(4,5)6/h8-13,19,21,30-31H,14H2,1-7H3,(H,27,34)(H,28,32). The minimum absolute atomic E-state index is 0.130. The molecule has 0 radical (unpaired) electrons. The molecule has 0 bridgehead atoms. The highest BCUT2D eigenvalue weighted by molar-refractivity contribution is 6.00. The second-order valence-electron chi connectivity index (χ2n) is 9.50. The van der Waals surface area contributed by atoms with E-state index in [2.05, 4.69) is 10.6 Å². The molecule has 190 valence electrons. The van der Waals surface area contributed by atoms with Crippen LogP contribution in [-0.4, -0.2) is 58.3 Å². The lowest BCUT2D eigenvalue weighted by atomic mass is 9.99. The molecule has 4 N–H and O–H groups in total. The number of carbonyl (C=O) groups is 3. The Morgan fingerprint density at radius 1 is 1.00 bits per heavy atom. The van der Waals surface area contributed by atoms with Crippen LogP contribution in [0.2, 0.25) is 0 Å². The van der Waals surface area contributed by atoms with Gasteiger partial charge < -0.3 is 30.5 Å². The quantitative estimate of drug-likeness (QED) is 0.476. The molecular formula is C26H35N3O6. The van der Waals surface area contributed by atoms with Crippen LogP contribution < -0.4 is 10.6 Å². The molecule has 35 heavy (non-hydrogen) atoms. The number of alkyl carbamates (subject to hydrolysis) is 1. The van der Waals surface area contributed by atoms with Crippen LogP contribution in [-0.2, 0) is 14.3 Å². The number of ether oxygens (including phenoxy) is 1. The first-order valence-electron chi connectivity index (χ1n) is 11.3. The van der Waals surface area contributed by atoms with Crippen LogP contribution in [0.3, 0.4) is 0 Å². The normalized spacial score (nSPS) is 12.9. The zero-order chi connectivity index (χ0) is 26.5. The average Bonchev–Trinajstić information content (AvgIpc) is 2.76. The molecule has 2 aromatic carbocycles. The van der Waals surface area contributed by atoms with Gasteiger partial charge in [0.2, 0.25) is 5.91 Å². The topological polar surface area (TPSA) is 128 Å². The van der Waals surface area contributed by atoms with Gasteiger partial charge in [-0.3, -0.25) is 9.59 Å². The van der Waals surface area contributed by atoms with Gasteiger partial charge in [0.1, 0.15) is 23.4 Å². The third kappa shape index (κ3) is 6.95. The number of nitrogens with zero attached hydrogens (tertiary/aromatic N) is 1. The Labute approximate surface area is 206 Å². The van der Waals surface area contributed by atoms with Crippen molar-refractivity contribution in [1.29, 1.82) is 0 Å². The van der Waals surface area contributed by atoms with Crippen molar-refractivity contribution >= 4 is 23.6 Å². The highest BCUT2D eigenvalue weighted by atomic mass is 16.6. The number of rotatable bonds is 7. The van der Waals surface area contributed by atoms with Crippen LogP contribution in [0.15, 0.2) is 36.4 Å². The summed E-state index contributed by atoms with van der Waals surface area (Å²) in [5, 5.41) is 25.8. The molecule has 0 saturated carbocycles. The van der Waals surface area contributed by atoms with E-state index in [0.29, 0.717) is 11.3 Å². The number of aliphatic hydroxyl groups excluding tert-OH is 1. The van der Waals surface area contributed by atoms with Crippen molar-refractivity contribution in [1.82, 2.24) is 10.2 Å². The summed E-state index contributed by atoms with van der Waals surface area (Å²) in [5.74, 6) is -1.43. The van der Waals surface area contributed by atoms with Gasteiger partial charge in [-0.2, -0.15) is 0 Å². The fourth-order valence-electron chi connectivity index (χ4n) is 3.64. The van der Waals surface area contributed by atoms with E-state index in [1.165, 1.54) is 7.05 Å². The van der Waals surface area contributed by atoms with E-state index < -0.39 is 42.2 Å². The van der Waals surface area contributed by atoms with Gasteiger partial charge in [0.15, 0.2) is 0 Å². The predicted octanol–water partition coefficient (Wildman–Crippen LogP) is 3.34. The minimum atomic E-state index is -1.36. The lowest BCUT2D eigenvalue weighted by Gasteiger charge is -2.31. The number of aliphatic hydroxyl groups is 1. The Morgan fingerprint density at radius 3 is 2.09 bits per heavy atom. The van der Waals surface area contributed by atoms with Gasteiger partial charge in [-0.15, -0.1) is 0 Å². The molecule has 0 heterocycles. The fourth-order valence-corrected chi connectivity index (χ4v) is 3.64. The highest BCUT2D eigenvalue weighted by Crippen LogP contribution is 2.33. The summed E-state index contributed by atoms with van der Waals surface area (Å²) in [6.45, 7) is 9.68. The summed E-state index contributed by atoms with van der Waals surface area (Å²) in [5.41, 5.74) is 2.19. The fraction of sp³-hybridized carbons (Fsp3) is 0.423. The van der Waals surface area contributed by atoms with E-state index in [1.54, 1.807) is 45.9 Å². The van der Waals surface area contributed by atoms with E-state index in [1.807, 2.05) is 32.0 Å². The number of likely N-dealkylation sites (N-methyl/N-ethyl adjacent to an activating group) is 1. The number of phenolic OH excluding ortho intramolecular Hbond substituents is 1. The van der Waals surface area contributed by atoms with E-state index in [4.69, 9.17) is 4.74 Å². The zero-order valence-electron chi connectivity index (χ0n) is 21.3. The number of hydrogen-bond donors (Lipinski definition) is 4. The smallest absolute Gasteiger partial charge is 0.408 e. The molecule has 0 aliphatic rings. The maximum atomic E-state index is 13.6. The summed E-state index contributed by atoms with van der Waals surface area (Å²) >= 11 is 0. The molecule has 0 aromatic heterocycles. The molecule has 3 amide bonds. The van der Waals surface area contributed by atoms with Crippen LogP contribution in [0, 0.1) is 20.8 Å². The van der Waals surface area contributed by atoms with E-state index in [0.717, 1.165) is 16.0 Å². The third-order valence-corrected chi connectivity index (χ3v) is 5.45. The van der Waals surface area contributed by atoms with Crippen LogP contribution >= 0.6 is 0 Å². The second-order valence-corrected chi connectivity index (χ2v) is 9.50. The van der Waals surface area contributed by atoms with Gasteiger partial charge in [-0.25, -0.2) is 4.79 Å². The first-order valence-corrected chi connectivity index (χ1v) is 11.3. The molecule has 9 nitrogen and oxygen atoms in total. The van der Waals surface area contributed by atoms with Crippen molar-refractivity contribution in [2.45, 2.75) is 59.2 Å². The number of aryl methyl sites for hydroxylation is 3. The molecular weight excluding hydrogens is 450 g/mol. The predicted molar refractivity (Wildman–Crippen MR) is 133 cm³/mol. The zero-order valence-corrected chi connectivity index (χ0v) is 21.3. The van der Waals surface area contributed by atoms with Crippen molar-refractivity contribution in [2.75, 3.05) is 19.0 Å². The molecule has 2 rings (SSSR count). The number of nitrogens with one attached hydrogen (secondary N) is 2. The molecule has 0 aliphatic heterocycles. The molecule has 2 atom stereocenters. The Balaban J connectivity index is 2.43. The van der Waals surface area contributed by atoms with Gasteiger partial charge in [0.05, 0.1) is 6.61 Å².